The maximum Gasteiger partial charge on any atom is 0.496 e. The molecule has 0 radical (unpaired) electrons. The molecule has 1 aromatic rings. The fourth-order valence-electron chi connectivity index (χ4n) is 2.98. The molecule has 2 heterocycles. The molecule has 2 saturated heterocycles. The molecule has 0 aromatic heterocycles. The third-order valence-corrected chi connectivity index (χ3v) is 5.59. The van der Waals surface area contributed by atoms with Crippen LogP contribution in [0.4, 0.5) is 0 Å². The predicted octanol–water partition coefficient (Wildman–Crippen LogP) is 2.23. The van der Waals surface area contributed by atoms with Gasteiger partial charge in [0, 0.05) is 35.2 Å². The van der Waals surface area contributed by atoms with Crippen LogP contribution < -0.4 is 11.2 Å². The quantitative estimate of drug-likeness (QED) is 0.791. The van der Waals surface area contributed by atoms with Crippen molar-refractivity contribution >= 4 is 42.5 Å². The Morgan fingerprint density at radius 3 is 2.36 bits per heavy atom. The first kappa shape index (κ1) is 20.5. The zero-order valence-corrected chi connectivity index (χ0v) is 16.6. The van der Waals surface area contributed by atoms with Crippen molar-refractivity contribution in [3.8, 4) is 0 Å². The van der Waals surface area contributed by atoms with Crippen molar-refractivity contribution < 1.29 is 14.1 Å². The zero-order chi connectivity index (χ0) is 17.7. The first-order valence-corrected chi connectivity index (χ1v) is 8.68. The largest absolute Gasteiger partial charge is 0.496 e. The molecule has 25 heavy (non-hydrogen) atoms. The lowest BCUT2D eigenvalue weighted by Crippen LogP contribution is -2.41. The summed E-state index contributed by atoms with van der Waals surface area (Å²) < 4.78 is 12.1. The van der Waals surface area contributed by atoms with Crippen LogP contribution >= 0.6 is 24.0 Å². The maximum atomic E-state index is 12.5. The molecular weight excluding hydrogens is 362 g/mol. The number of carbonyl (C=O) groups is 1. The highest BCUT2D eigenvalue weighted by atomic mass is 35.5. The molecule has 0 spiro atoms. The molecule has 2 aliphatic rings. The average molecular weight is 387 g/mol. The molecule has 1 amide bonds. The summed E-state index contributed by atoms with van der Waals surface area (Å²) in [5, 5.41) is 0.475. The summed E-state index contributed by atoms with van der Waals surface area (Å²) in [5.74, 6) is -0.0367. The van der Waals surface area contributed by atoms with E-state index in [-0.39, 0.29) is 24.4 Å². The van der Waals surface area contributed by atoms with Crippen LogP contribution in [0.2, 0.25) is 5.02 Å². The molecule has 8 heteroatoms. The van der Waals surface area contributed by atoms with E-state index >= 15 is 0 Å². The molecule has 0 saturated carbocycles. The summed E-state index contributed by atoms with van der Waals surface area (Å²) in [6, 6.07) is 5.34. The van der Waals surface area contributed by atoms with Gasteiger partial charge in [-0.15, -0.1) is 12.4 Å². The normalized spacial score (nSPS) is 24.3. The summed E-state index contributed by atoms with van der Waals surface area (Å²) >= 11 is 6.42. The number of rotatable bonds is 2. The molecule has 2 aliphatic heterocycles. The third kappa shape index (κ3) is 3.83. The molecule has 3 rings (SSSR count). The van der Waals surface area contributed by atoms with E-state index in [9.17, 15) is 4.79 Å². The fourth-order valence-corrected chi connectivity index (χ4v) is 3.25. The van der Waals surface area contributed by atoms with Gasteiger partial charge in [-0.1, -0.05) is 17.7 Å². The van der Waals surface area contributed by atoms with Crippen LogP contribution in [-0.4, -0.2) is 48.3 Å². The number of hydrogen-bond donors (Lipinski definition) is 1. The van der Waals surface area contributed by atoms with E-state index in [4.69, 9.17) is 26.6 Å². The number of carbonyl (C=O) groups excluding carboxylic acids is 1. The second kappa shape index (κ2) is 7.08. The number of nitrogens with zero attached hydrogens (tertiary/aromatic N) is 1. The number of benzene rings is 1. The Morgan fingerprint density at radius 2 is 1.88 bits per heavy atom. The van der Waals surface area contributed by atoms with Crippen molar-refractivity contribution in [3.05, 3.63) is 28.8 Å². The van der Waals surface area contributed by atoms with Gasteiger partial charge in [0.05, 0.1) is 11.2 Å². The number of amides is 1. The van der Waals surface area contributed by atoms with Crippen LogP contribution in [-0.2, 0) is 9.31 Å². The number of hydrogen-bond acceptors (Lipinski definition) is 4. The summed E-state index contributed by atoms with van der Waals surface area (Å²) in [7, 11) is -0.535. The van der Waals surface area contributed by atoms with Gasteiger partial charge in [-0.2, -0.15) is 0 Å². The van der Waals surface area contributed by atoms with Crippen molar-refractivity contribution in [1.29, 1.82) is 0 Å². The lowest BCUT2D eigenvalue weighted by Gasteiger charge is -2.32. The van der Waals surface area contributed by atoms with E-state index in [2.05, 4.69) is 0 Å². The molecule has 0 aliphatic carbocycles. The van der Waals surface area contributed by atoms with Gasteiger partial charge in [0.25, 0.3) is 5.91 Å². The van der Waals surface area contributed by atoms with Gasteiger partial charge in [0.2, 0.25) is 0 Å². The minimum atomic E-state index is -0.535. The second-order valence-corrected chi connectivity index (χ2v) is 8.03. The smallest absolute Gasteiger partial charge is 0.399 e. The Kier molecular flexibility index (Phi) is 5.82. The molecule has 1 atom stereocenters. The van der Waals surface area contributed by atoms with Gasteiger partial charge < -0.3 is 19.9 Å². The SMILES string of the molecule is CC1(C)OB(c2ccc(C(=O)N3CC[C@H](N)C3)cc2Cl)OC1(C)C.Cl. The molecule has 0 unspecified atom stereocenters. The standard InChI is InChI=1S/C17H24BClN2O3.ClH/c1-16(2)17(3,4)24-18(23-16)13-6-5-11(9-14(13)19)15(22)21-8-7-12(20)10-21;/h5-6,9,12H,7-8,10,20H2,1-4H3;1H/t12-;/m0./s1. The minimum absolute atomic E-state index is 0. The van der Waals surface area contributed by atoms with Crippen LogP contribution in [0, 0.1) is 0 Å². The van der Waals surface area contributed by atoms with E-state index in [0.29, 0.717) is 23.7 Å². The monoisotopic (exact) mass is 386 g/mol. The third-order valence-electron chi connectivity index (χ3n) is 5.27. The average Bonchev–Trinajstić information content (AvgIpc) is 2.99. The summed E-state index contributed by atoms with van der Waals surface area (Å²) in [4.78, 5) is 14.3. The van der Waals surface area contributed by atoms with E-state index in [1.807, 2.05) is 33.8 Å². The van der Waals surface area contributed by atoms with Crippen LogP contribution in [0.5, 0.6) is 0 Å². The van der Waals surface area contributed by atoms with Crippen LogP contribution in [0.1, 0.15) is 44.5 Å². The maximum absolute atomic E-state index is 12.5. The summed E-state index contributed by atoms with van der Waals surface area (Å²) in [6.07, 6.45) is 0.839. The first-order valence-electron chi connectivity index (χ1n) is 8.31. The van der Waals surface area contributed by atoms with E-state index in [1.165, 1.54) is 0 Å². The molecule has 5 nitrogen and oxygen atoms in total. The Balaban J connectivity index is 0.00000225. The Bertz CT molecular complexity index is 653. The first-order chi connectivity index (χ1) is 11.1. The molecule has 2 fully saturated rings. The fraction of sp³-hybridized carbons (Fsp3) is 0.588. The van der Waals surface area contributed by atoms with Gasteiger partial charge >= 0.3 is 7.12 Å². The van der Waals surface area contributed by atoms with Crippen LogP contribution in [0.25, 0.3) is 0 Å². The van der Waals surface area contributed by atoms with Crippen LogP contribution in [0.3, 0.4) is 0 Å². The van der Waals surface area contributed by atoms with Crippen molar-refractivity contribution in [1.82, 2.24) is 4.90 Å². The predicted molar refractivity (Wildman–Crippen MR) is 103 cm³/mol. The van der Waals surface area contributed by atoms with E-state index < -0.39 is 18.3 Å². The van der Waals surface area contributed by atoms with Crippen molar-refractivity contribution in [2.24, 2.45) is 5.73 Å². The topological polar surface area (TPSA) is 64.8 Å². The van der Waals surface area contributed by atoms with Gasteiger partial charge in [0.1, 0.15) is 0 Å². The molecule has 0 bridgehead atoms. The summed E-state index contributed by atoms with van der Waals surface area (Å²) in [6.45, 7) is 9.27. The molecule has 1 aromatic carbocycles. The van der Waals surface area contributed by atoms with Gasteiger partial charge in [-0.25, -0.2) is 0 Å². The van der Waals surface area contributed by atoms with E-state index in [0.717, 1.165) is 11.9 Å². The second-order valence-electron chi connectivity index (χ2n) is 7.62. The van der Waals surface area contributed by atoms with Gasteiger partial charge in [-0.3, -0.25) is 4.79 Å². The van der Waals surface area contributed by atoms with Crippen molar-refractivity contribution in [2.45, 2.75) is 51.4 Å². The van der Waals surface area contributed by atoms with E-state index in [1.54, 1.807) is 17.0 Å². The Hall–Kier alpha value is -0.785. The van der Waals surface area contributed by atoms with Crippen molar-refractivity contribution in [3.63, 3.8) is 0 Å². The number of halogens is 2. The highest BCUT2D eigenvalue weighted by molar-refractivity contribution is 6.65. The van der Waals surface area contributed by atoms with Crippen molar-refractivity contribution in [2.75, 3.05) is 13.1 Å². The Morgan fingerprint density at radius 1 is 1.28 bits per heavy atom. The molecule has 138 valence electrons. The lowest BCUT2D eigenvalue weighted by molar-refractivity contribution is 0.00578. The molecular formula is C17H25BCl2N2O3. The van der Waals surface area contributed by atoms with Gasteiger partial charge in [-0.05, 0) is 46.2 Å². The minimum Gasteiger partial charge on any atom is -0.399 e. The Labute approximate surface area is 160 Å². The highest BCUT2D eigenvalue weighted by Gasteiger charge is 2.52. The molecule has 2 N–H and O–H groups in total. The zero-order valence-electron chi connectivity index (χ0n) is 15.0. The highest BCUT2D eigenvalue weighted by Crippen LogP contribution is 2.37. The number of nitrogens with two attached hydrogens (primary N) is 1. The van der Waals surface area contributed by atoms with Gasteiger partial charge in [0.15, 0.2) is 0 Å². The van der Waals surface area contributed by atoms with Crippen LogP contribution in [0.15, 0.2) is 18.2 Å². The lowest BCUT2D eigenvalue weighted by atomic mass is 9.78. The summed E-state index contributed by atoms with van der Waals surface area (Å²) in [5.41, 5.74) is 6.32. The number of likely N-dealkylation sites (tertiary alicyclic amines) is 1.